The smallest absolute Gasteiger partial charge is 0.217 e. The summed E-state index contributed by atoms with van der Waals surface area (Å²) >= 11 is 0. The van der Waals surface area contributed by atoms with Crippen LogP contribution in [0.25, 0.3) is 0 Å². The van der Waals surface area contributed by atoms with Gasteiger partial charge in [0.05, 0.1) is 18.8 Å². The highest BCUT2D eigenvalue weighted by Gasteiger charge is 2.45. The number of aliphatic hydroxyl groups is 3. The summed E-state index contributed by atoms with van der Waals surface area (Å²) in [4.78, 5) is 11.4. The van der Waals surface area contributed by atoms with Crippen molar-refractivity contribution in [1.29, 1.82) is 0 Å². The Balaban J connectivity index is 2.60. The summed E-state index contributed by atoms with van der Waals surface area (Å²) < 4.78 is 17.0. The van der Waals surface area contributed by atoms with Gasteiger partial charge in [0, 0.05) is 13.5 Å². The molecule has 0 bridgehead atoms. The van der Waals surface area contributed by atoms with E-state index in [0.29, 0.717) is 13.0 Å². The summed E-state index contributed by atoms with van der Waals surface area (Å²) in [6, 6.07) is -0.917. The molecule has 148 valence electrons. The Morgan fingerprint density at radius 2 is 1.92 bits per heavy atom. The fourth-order valence-electron chi connectivity index (χ4n) is 2.60. The molecule has 1 rings (SSSR count). The van der Waals surface area contributed by atoms with E-state index in [-0.39, 0.29) is 18.1 Å². The van der Waals surface area contributed by atoms with E-state index in [0.717, 1.165) is 12.8 Å². The lowest BCUT2D eigenvalue weighted by Gasteiger charge is -2.42. The van der Waals surface area contributed by atoms with E-state index in [2.05, 4.69) is 12.2 Å². The van der Waals surface area contributed by atoms with E-state index >= 15 is 0 Å². The van der Waals surface area contributed by atoms with Crippen LogP contribution < -0.4 is 5.32 Å². The fourth-order valence-corrected chi connectivity index (χ4v) is 2.60. The van der Waals surface area contributed by atoms with Gasteiger partial charge in [0.25, 0.3) is 0 Å². The van der Waals surface area contributed by atoms with Gasteiger partial charge in [-0.05, 0) is 26.7 Å². The maximum atomic E-state index is 11.4. The minimum absolute atomic E-state index is 0.279. The second-order valence-corrected chi connectivity index (χ2v) is 7.02. The van der Waals surface area contributed by atoms with Crippen molar-refractivity contribution in [3.8, 4) is 0 Å². The number of hydrogen-bond acceptors (Lipinski definition) is 7. The van der Waals surface area contributed by atoms with E-state index < -0.39 is 37.3 Å². The molecule has 8 heteroatoms. The van der Waals surface area contributed by atoms with E-state index in [1.54, 1.807) is 0 Å². The zero-order chi connectivity index (χ0) is 19.0. The number of unbranched alkanes of at least 4 members (excludes halogenated alkanes) is 1. The van der Waals surface area contributed by atoms with Gasteiger partial charge in [-0.15, -0.1) is 0 Å². The van der Waals surface area contributed by atoms with Crippen LogP contribution in [0.2, 0.25) is 0 Å². The first-order valence-corrected chi connectivity index (χ1v) is 8.87. The Kier molecular flexibility index (Phi) is 9.26. The summed E-state index contributed by atoms with van der Waals surface area (Å²) in [5.41, 5.74) is -0.373. The van der Waals surface area contributed by atoms with E-state index in [1.165, 1.54) is 6.92 Å². The lowest BCUT2D eigenvalue weighted by Crippen LogP contribution is -2.64. The minimum atomic E-state index is -1.31. The number of hydrogen-bond donors (Lipinski definition) is 4. The monoisotopic (exact) mass is 363 g/mol. The molecule has 1 saturated heterocycles. The van der Waals surface area contributed by atoms with Crippen molar-refractivity contribution < 1.29 is 34.3 Å². The molecule has 0 spiro atoms. The summed E-state index contributed by atoms with van der Waals surface area (Å²) in [6.07, 6.45) is -1.91. The fraction of sp³-hybridized carbons (Fsp3) is 0.941. The molecule has 0 aromatic carbocycles. The van der Waals surface area contributed by atoms with Crippen LogP contribution in [0.15, 0.2) is 0 Å². The molecule has 0 aromatic heterocycles. The molecule has 1 amide bonds. The molecule has 1 fully saturated rings. The molecule has 5 atom stereocenters. The molecule has 8 nitrogen and oxygen atoms in total. The molecule has 1 aliphatic rings. The molecule has 0 saturated carbocycles. The lowest BCUT2D eigenvalue weighted by molar-refractivity contribution is -0.272. The van der Waals surface area contributed by atoms with Crippen LogP contribution >= 0.6 is 0 Å². The molecule has 1 aliphatic heterocycles. The van der Waals surface area contributed by atoms with Gasteiger partial charge in [0.1, 0.15) is 24.4 Å². The molecule has 0 aromatic rings. The normalized spacial score (nSPS) is 30.3. The highest BCUT2D eigenvalue weighted by Crippen LogP contribution is 2.23. The minimum Gasteiger partial charge on any atom is -0.394 e. The Morgan fingerprint density at radius 3 is 2.48 bits per heavy atom. The zero-order valence-electron chi connectivity index (χ0n) is 15.6. The van der Waals surface area contributed by atoms with E-state index in [1.807, 2.05) is 13.8 Å². The van der Waals surface area contributed by atoms with Crippen LogP contribution in [0.3, 0.4) is 0 Å². The van der Waals surface area contributed by atoms with Gasteiger partial charge in [-0.25, -0.2) is 0 Å². The third-order valence-electron chi connectivity index (χ3n) is 4.23. The van der Waals surface area contributed by atoms with Crippen LogP contribution in [0.1, 0.15) is 47.0 Å². The second-order valence-electron chi connectivity index (χ2n) is 7.02. The molecule has 0 unspecified atom stereocenters. The first-order chi connectivity index (χ1) is 11.7. The van der Waals surface area contributed by atoms with Crippen LogP contribution in [0.4, 0.5) is 0 Å². The Labute approximate surface area is 149 Å². The maximum Gasteiger partial charge on any atom is 0.217 e. The molecule has 25 heavy (non-hydrogen) atoms. The molecule has 1 heterocycles. The molecular weight excluding hydrogens is 330 g/mol. The standard InChI is InChI=1S/C17H33NO7/c1-5-6-8-24-17(3,4)7-9-23-16-13(18-11(2)20)15(22)14(21)12(10-19)25-16/h12-16,19,21-22H,5-10H2,1-4H3,(H,18,20)/t12-,13-,14+,15-,16-/m1/s1. The van der Waals surface area contributed by atoms with Crippen molar-refractivity contribution in [3.05, 3.63) is 0 Å². The van der Waals surface area contributed by atoms with Crippen LogP contribution in [0.5, 0.6) is 0 Å². The van der Waals surface area contributed by atoms with Gasteiger partial charge in [0.2, 0.25) is 5.91 Å². The first kappa shape index (κ1) is 22.3. The van der Waals surface area contributed by atoms with Crippen molar-refractivity contribution >= 4 is 5.91 Å². The SMILES string of the molecule is CCCCOC(C)(C)CCO[C@@H]1O[C@H](CO)[C@H](O)[C@H](O)[C@H]1NC(C)=O. The van der Waals surface area contributed by atoms with Gasteiger partial charge < -0.3 is 34.8 Å². The van der Waals surface area contributed by atoms with Crippen LogP contribution in [0, 0.1) is 0 Å². The Morgan fingerprint density at radius 1 is 1.24 bits per heavy atom. The Bertz CT molecular complexity index is 404. The van der Waals surface area contributed by atoms with E-state index in [4.69, 9.17) is 14.2 Å². The summed E-state index contributed by atoms with van der Waals surface area (Å²) in [5, 5.41) is 32.0. The topological polar surface area (TPSA) is 117 Å². The third-order valence-corrected chi connectivity index (χ3v) is 4.23. The molecule has 0 aliphatic carbocycles. The van der Waals surface area contributed by atoms with E-state index in [9.17, 15) is 20.1 Å². The third kappa shape index (κ3) is 7.16. The summed E-state index contributed by atoms with van der Waals surface area (Å²) in [6.45, 7) is 7.83. The molecule has 4 N–H and O–H groups in total. The van der Waals surface area contributed by atoms with Crippen molar-refractivity contribution in [3.63, 3.8) is 0 Å². The second kappa shape index (κ2) is 10.4. The first-order valence-electron chi connectivity index (χ1n) is 8.87. The van der Waals surface area contributed by atoms with Crippen molar-refractivity contribution in [2.24, 2.45) is 0 Å². The number of ether oxygens (including phenoxy) is 3. The average Bonchev–Trinajstić information content (AvgIpc) is 2.53. The summed E-state index contributed by atoms with van der Waals surface area (Å²) in [7, 11) is 0. The highest BCUT2D eigenvalue weighted by molar-refractivity contribution is 5.73. The van der Waals surface area contributed by atoms with Gasteiger partial charge >= 0.3 is 0 Å². The van der Waals surface area contributed by atoms with Gasteiger partial charge in [-0.2, -0.15) is 0 Å². The van der Waals surface area contributed by atoms with Crippen LogP contribution in [-0.4, -0.2) is 77.3 Å². The number of aliphatic hydroxyl groups excluding tert-OH is 3. The largest absolute Gasteiger partial charge is 0.394 e. The number of carbonyl (C=O) groups excluding carboxylic acids is 1. The predicted molar refractivity (Wildman–Crippen MR) is 90.9 cm³/mol. The quantitative estimate of drug-likeness (QED) is 0.401. The molecule has 0 radical (unpaired) electrons. The van der Waals surface area contributed by atoms with Gasteiger partial charge in [-0.3, -0.25) is 4.79 Å². The average molecular weight is 363 g/mol. The number of carbonyl (C=O) groups is 1. The van der Waals surface area contributed by atoms with Gasteiger partial charge in [-0.1, -0.05) is 13.3 Å². The number of rotatable bonds is 10. The number of nitrogens with one attached hydrogen (secondary N) is 1. The summed E-state index contributed by atoms with van der Waals surface area (Å²) in [5.74, 6) is -0.376. The lowest BCUT2D eigenvalue weighted by atomic mass is 9.97. The van der Waals surface area contributed by atoms with Crippen LogP contribution in [-0.2, 0) is 19.0 Å². The Hall–Kier alpha value is -0.770. The van der Waals surface area contributed by atoms with Crippen molar-refractivity contribution in [2.45, 2.75) is 83.2 Å². The van der Waals surface area contributed by atoms with Crippen molar-refractivity contribution in [2.75, 3.05) is 19.8 Å². The molecular formula is C17H33NO7. The maximum absolute atomic E-state index is 11.4. The van der Waals surface area contributed by atoms with Crippen molar-refractivity contribution in [1.82, 2.24) is 5.32 Å². The van der Waals surface area contributed by atoms with Gasteiger partial charge in [0.15, 0.2) is 6.29 Å². The predicted octanol–water partition coefficient (Wildman–Crippen LogP) is -0.0679. The highest BCUT2D eigenvalue weighted by atomic mass is 16.7. The zero-order valence-corrected chi connectivity index (χ0v) is 15.6. The number of amides is 1.